The van der Waals surface area contributed by atoms with Gasteiger partial charge in [0, 0.05) is 17.5 Å². The molecule has 0 heterocycles. The maximum Gasteiger partial charge on any atom is 0.165 e. The minimum atomic E-state index is 0.0867. The quantitative estimate of drug-likeness (QED) is 0.749. The molecule has 0 bridgehead atoms. The van der Waals surface area contributed by atoms with Gasteiger partial charge in [-0.25, -0.2) is 0 Å². The van der Waals surface area contributed by atoms with Crippen molar-refractivity contribution in [2.24, 2.45) is 11.7 Å². The first-order chi connectivity index (χ1) is 8.91. The highest BCUT2D eigenvalue weighted by atomic mass is 16.1. The number of nitrogens with two attached hydrogens (primary N) is 1. The SMILES string of the molecule is CC(N)CCCC(C)C(=O)c1ccc(C(C)C)cc1. The van der Waals surface area contributed by atoms with Crippen LogP contribution >= 0.6 is 0 Å². The lowest BCUT2D eigenvalue weighted by Gasteiger charge is -2.12. The third-order valence-electron chi connectivity index (χ3n) is 3.61. The number of ketones is 1. The van der Waals surface area contributed by atoms with Crippen LogP contribution in [0.4, 0.5) is 0 Å². The average molecular weight is 261 g/mol. The number of rotatable bonds is 7. The van der Waals surface area contributed by atoms with Crippen molar-refractivity contribution in [3.63, 3.8) is 0 Å². The molecule has 2 unspecified atom stereocenters. The van der Waals surface area contributed by atoms with Gasteiger partial charge in [0.05, 0.1) is 0 Å². The predicted molar refractivity (Wildman–Crippen MR) is 81.5 cm³/mol. The maximum atomic E-state index is 12.3. The summed E-state index contributed by atoms with van der Waals surface area (Å²) in [4.78, 5) is 12.3. The third-order valence-corrected chi connectivity index (χ3v) is 3.61. The zero-order chi connectivity index (χ0) is 14.4. The van der Waals surface area contributed by atoms with E-state index < -0.39 is 0 Å². The predicted octanol–water partition coefficient (Wildman–Crippen LogP) is 4.15. The second-order valence-electron chi connectivity index (χ2n) is 5.95. The fraction of sp³-hybridized carbons (Fsp3) is 0.588. The van der Waals surface area contributed by atoms with E-state index in [-0.39, 0.29) is 17.7 Å². The summed E-state index contributed by atoms with van der Waals surface area (Å²) in [6, 6.07) is 8.27. The number of benzene rings is 1. The molecule has 2 N–H and O–H groups in total. The molecule has 0 aliphatic rings. The van der Waals surface area contributed by atoms with Gasteiger partial charge in [-0.15, -0.1) is 0 Å². The molecule has 0 aromatic heterocycles. The summed E-state index contributed by atoms with van der Waals surface area (Å²) in [7, 11) is 0. The topological polar surface area (TPSA) is 43.1 Å². The summed E-state index contributed by atoms with van der Waals surface area (Å²) in [6.07, 6.45) is 2.94. The van der Waals surface area contributed by atoms with Gasteiger partial charge in [0.1, 0.15) is 0 Å². The minimum Gasteiger partial charge on any atom is -0.328 e. The van der Waals surface area contributed by atoms with Crippen LogP contribution in [0, 0.1) is 5.92 Å². The molecule has 2 atom stereocenters. The number of hydrogen-bond donors (Lipinski definition) is 1. The Morgan fingerprint density at radius 1 is 1.05 bits per heavy atom. The summed E-state index contributed by atoms with van der Waals surface area (Å²) in [5.41, 5.74) is 7.84. The summed E-state index contributed by atoms with van der Waals surface area (Å²) in [6.45, 7) is 8.35. The van der Waals surface area contributed by atoms with Crippen molar-refractivity contribution < 1.29 is 4.79 Å². The third kappa shape index (κ3) is 5.15. The van der Waals surface area contributed by atoms with Crippen molar-refractivity contribution in [3.8, 4) is 0 Å². The molecule has 0 radical (unpaired) electrons. The van der Waals surface area contributed by atoms with E-state index in [1.807, 2.05) is 26.0 Å². The van der Waals surface area contributed by atoms with Crippen molar-refractivity contribution in [1.29, 1.82) is 0 Å². The molecule has 106 valence electrons. The van der Waals surface area contributed by atoms with Crippen LogP contribution in [0.15, 0.2) is 24.3 Å². The van der Waals surface area contributed by atoms with Crippen LogP contribution in [-0.4, -0.2) is 11.8 Å². The van der Waals surface area contributed by atoms with Crippen molar-refractivity contribution in [3.05, 3.63) is 35.4 Å². The molecular formula is C17H27NO. The number of hydrogen-bond acceptors (Lipinski definition) is 2. The first-order valence-corrected chi connectivity index (χ1v) is 7.31. The zero-order valence-corrected chi connectivity index (χ0v) is 12.6. The number of Topliss-reactive ketones (excluding diaryl/α,β-unsaturated/α-hetero) is 1. The molecule has 1 aromatic carbocycles. The zero-order valence-electron chi connectivity index (χ0n) is 12.6. The Balaban J connectivity index is 2.56. The second-order valence-corrected chi connectivity index (χ2v) is 5.95. The van der Waals surface area contributed by atoms with Gasteiger partial charge in [0.25, 0.3) is 0 Å². The van der Waals surface area contributed by atoms with Gasteiger partial charge in [-0.05, 0) is 31.2 Å². The maximum absolute atomic E-state index is 12.3. The van der Waals surface area contributed by atoms with Gasteiger partial charge in [0.15, 0.2) is 5.78 Å². The Morgan fingerprint density at radius 2 is 1.63 bits per heavy atom. The monoisotopic (exact) mass is 261 g/mol. The molecule has 0 aliphatic carbocycles. The van der Waals surface area contributed by atoms with E-state index in [4.69, 9.17) is 5.73 Å². The van der Waals surface area contributed by atoms with Gasteiger partial charge >= 0.3 is 0 Å². The summed E-state index contributed by atoms with van der Waals surface area (Å²) < 4.78 is 0. The Bertz CT molecular complexity index is 392. The smallest absolute Gasteiger partial charge is 0.165 e. The van der Waals surface area contributed by atoms with Gasteiger partial charge in [-0.3, -0.25) is 4.79 Å². The Morgan fingerprint density at radius 3 is 2.11 bits per heavy atom. The van der Waals surface area contributed by atoms with Gasteiger partial charge < -0.3 is 5.73 Å². The molecule has 0 saturated heterocycles. The van der Waals surface area contributed by atoms with Crippen LogP contribution in [-0.2, 0) is 0 Å². The van der Waals surface area contributed by atoms with Crippen LogP contribution < -0.4 is 5.73 Å². The van der Waals surface area contributed by atoms with Crippen LogP contribution in [0.5, 0.6) is 0 Å². The lowest BCUT2D eigenvalue weighted by molar-refractivity contribution is 0.0922. The molecule has 0 aliphatic heterocycles. The van der Waals surface area contributed by atoms with E-state index in [9.17, 15) is 4.79 Å². The molecule has 1 aromatic rings. The first-order valence-electron chi connectivity index (χ1n) is 7.31. The van der Waals surface area contributed by atoms with Crippen molar-refractivity contribution in [1.82, 2.24) is 0 Å². The van der Waals surface area contributed by atoms with Crippen molar-refractivity contribution in [2.45, 2.75) is 58.9 Å². The van der Waals surface area contributed by atoms with Crippen molar-refractivity contribution >= 4 is 5.78 Å². The van der Waals surface area contributed by atoms with Crippen LogP contribution in [0.3, 0.4) is 0 Å². The number of carbonyl (C=O) groups is 1. The van der Waals surface area contributed by atoms with Gasteiger partial charge in [0.2, 0.25) is 0 Å². The van der Waals surface area contributed by atoms with E-state index in [2.05, 4.69) is 26.0 Å². The Labute approximate surface area is 117 Å². The molecule has 0 amide bonds. The van der Waals surface area contributed by atoms with Crippen molar-refractivity contribution in [2.75, 3.05) is 0 Å². The average Bonchev–Trinajstić information content (AvgIpc) is 2.37. The van der Waals surface area contributed by atoms with E-state index in [1.54, 1.807) is 0 Å². The molecule has 2 heteroatoms. The van der Waals surface area contributed by atoms with E-state index in [1.165, 1.54) is 5.56 Å². The summed E-state index contributed by atoms with van der Waals surface area (Å²) in [5.74, 6) is 0.844. The van der Waals surface area contributed by atoms with E-state index >= 15 is 0 Å². The molecule has 0 saturated carbocycles. The molecular weight excluding hydrogens is 234 g/mol. The van der Waals surface area contributed by atoms with E-state index in [0.29, 0.717) is 5.92 Å². The molecule has 19 heavy (non-hydrogen) atoms. The minimum absolute atomic E-state index is 0.0867. The highest BCUT2D eigenvalue weighted by molar-refractivity contribution is 5.97. The molecule has 0 fully saturated rings. The fourth-order valence-corrected chi connectivity index (χ4v) is 2.19. The fourth-order valence-electron chi connectivity index (χ4n) is 2.19. The molecule has 1 rings (SSSR count). The summed E-state index contributed by atoms with van der Waals surface area (Å²) >= 11 is 0. The lowest BCUT2D eigenvalue weighted by atomic mass is 9.92. The standard InChI is InChI=1S/C17H27NO/c1-12(2)15-8-10-16(11-9-15)17(19)13(3)6-5-7-14(4)18/h8-14H,5-7,18H2,1-4H3. The van der Waals surface area contributed by atoms with E-state index in [0.717, 1.165) is 24.8 Å². The largest absolute Gasteiger partial charge is 0.328 e. The van der Waals surface area contributed by atoms with Gasteiger partial charge in [-0.2, -0.15) is 0 Å². The second kappa shape index (κ2) is 7.44. The highest BCUT2D eigenvalue weighted by Crippen LogP contribution is 2.19. The molecule has 2 nitrogen and oxygen atoms in total. The Kier molecular flexibility index (Phi) is 6.23. The number of carbonyl (C=O) groups excluding carboxylic acids is 1. The van der Waals surface area contributed by atoms with Crippen LogP contribution in [0.1, 0.15) is 68.8 Å². The highest BCUT2D eigenvalue weighted by Gasteiger charge is 2.15. The van der Waals surface area contributed by atoms with Crippen LogP contribution in [0.2, 0.25) is 0 Å². The summed E-state index contributed by atoms with van der Waals surface area (Å²) in [5, 5.41) is 0. The Hall–Kier alpha value is -1.15. The van der Waals surface area contributed by atoms with Gasteiger partial charge in [-0.1, -0.05) is 51.5 Å². The first kappa shape index (κ1) is 15.9. The molecule has 0 spiro atoms. The lowest BCUT2D eigenvalue weighted by Crippen LogP contribution is -2.16. The van der Waals surface area contributed by atoms with Crippen LogP contribution in [0.25, 0.3) is 0 Å². The normalized spacial score (nSPS) is 14.4.